The number of fused-ring (bicyclic) bond motifs is 1. The number of carbonyl (C=O) groups excluding carboxylic acids is 3. The van der Waals surface area contributed by atoms with Gasteiger partial charge in [0.05, 0.1) is 19.4 Å². The first-order chi connectivity index (χ1) is 18.9. The lowest BCUT2D eigenvalue weighted by Crippen LogP contribution is -2.54. The van der Waals surface area contributed by atoms with E-state index in [4.69, 9.17) is 9.47 Å². The second kappa shape index (κ2) is 11.4. The molecule has 1 N–H and O–H groups in total. The van der Waals surface area contributed by atoms with E-state index in [-0.39, 0.29) is 5.57 Å². The third-order valence-corrected chi connectivity index (χ3v) is 7.28. The Bertz CT molecular complexity index is 1590. The fraction of sp³-hybridized carbons (Fsp3) is 0.129. The average molecular weight is 539 g/mol. The van der Waals surface area contributed by atoms with Gasteiger partial charge in [-0.1, -0.05) is 60.2 Å². The number of rotatable bonds is 8. The van der Waals surface area contributed by atoms with Crippen LogP contribution in [0.2, 0.25) is 0 Å². The number of carbonyl (C=O) groups is 3. The molecular formula is C31H26N2O5S. The Balaban J connectivity index is 1.29. The van der Waals surface area contributed by atoms with Crippen molar-refractivity contribution in [2.45, 2.75) is 11.8 Å². The summed E-state index contributed by atoms with van der Waals surface area (Å²) in [6.07, 6.45) is 1.44. The zero-order valence-corrected chi connectivity index (χ0v) is 22.3. The Morgan fingerprint density at radius 3 is 2.46 bits per heavy atom. The Labute approximate surface area is 230 Å². The number of thioether (sulfide) groups is 1. The third kappa shape index (κ3) is 5.66. The maximum absolute atomic E-state index is 13.1. The first-order valence-electron chi connectivity index (χ1n) is 12.3. The molecule has 1 aliphatic heterocycles. The number of imide groups is 2. The fourth-order valence-corrected chi connectivity index (χ4v) is 5.17. The van der Waals surface area contributed by atoms with Crippen molar-refractivity contribution in [1.82, 2.24) is 5.32 Å². The zero-order valence-electron chi connectivity index (χ0n) is 21.5. The van der Waals surface area contributed by atoms with Gasteiger partial charge in [-0.2, -0.15) is 0 Å². The van der Waals surface area contributed by atoms with Gasteiger partial charge in [0.1, 0.15) is 5.57 Å². The number of benzene rings is 4. The van der Waals surface area contributed by atoms with Crippen molar-refractivity contribution in [2.24, 2.45) is 0 Å². The minimum Gasteiger partial charge on any atom is -0.493 e. The largest absolute Gasteiger partial charge is 0.493 e. The van der Waals surface area contributed by atoms with Gasteiger partial charge in [-0.3, -0.25) is 14.9 Å². The lowest BCUT2D eigenvalue weighted by atomic mass is 10.1. The van der Waals surface area contributed by atoms with Gasteiger partial charge in [-0.15, -0.1) is 11.8 Å². The van der Waals surface area contributed by atoms with Crippen LogP contribution in [0, 0.1) is 6.92 Å². The van der Waals surface area contributed by atoms with Crippen LogP contribution in [0.5, 0.6) is 11.5 Å². The van der Waals surface area contributed by atoms with Crippen LogP contribution >= 0.6 is 11.8 Å². The lowest BCUT2D eigenvalue weighted by molar-refractivity contribution is -0.122. The molecule has 5 rings (SSSR count). The summed E-state index contributed by atoms with van der Waals surface area (Å²) < 4.78 is 11.5. The van der Waals surface area contributed by atoms with Crippen LogP contribution in [0.25, 0.3) is 16.8 Å². The van der Waals surface area contributed by atoms with Crippen molar-refractivity contribution < 1.29 is 23.9 Å². The number of barbiturate groups is 1. The minimum atomic E-state index is -0.784. The summed E-state index contributed by atoms with van der Waals surface area (Å²) in [4.78, 5) is 40.3. The number of urea groups is 1. The van der Waals surface area contributed by atoms with E-state index in [1.54, 1.807) is 54.2 Å². The van der Waals surface area contributed by atoms with Crippen LogP contribution in [0.3, 0.4) is 0 Å². The van der Waals surface area contributed by atoms with Crippen LogP contribution in [0.15, 0.2) is 95.4 Å². The molecule has 0 spiro atoms. The maximum Gasteiger partial charge on any atom is 0.335 e. The van der Waals surface area contributed by atoms with Gasteiger partial charge in [0.2, 0.25) is 0 Å². The molecule has 4 aromatic carbocycles. The van der Waals surface area contributed by atoms with Gasteiger partial charge in [0, 0.05) is 10.6 Å². The minimum absolute atomic E-state index is 0.155. The predicted octanol–water partition coefficient (Wildman–Crippen LogP) is 5.99. The fourth-order valence-electron chi connectivity index (χ4n) is 4.27. The highest BCUT2D eigenvalue weighted by Crippen LogP contribution is 2.31. The van der Waals surface area contributed by atoms with Crippen molar-refractivity contribution in [3.63, 3.8) is 0 Å². The smallest absolute Gasteiger partial charge is 0.335 e. The molecule has 39 heavy (non-hydrogen) atoms. The summed E-state index contributed by atoms with van der Waals surface area (Å²) in [6, 6.07) is 25.8. The molecule has 0 aromatic heterocycles. The van der Waals surface area contributed by atoms with Crippen molar-refractivity contribution in [2.75, 3.05) is 24.4 Å². The number of anilines is 1. The Morgan fingerprint density at radius 2 is 1.67 bits per heavy atom. The van der Waals surface area contributed by atoms with Crippen molar-refractivity contribution >= 4 is 52.1 Å². The van der Waals surface area contributed by atoms with Gasteiger partial charge < -0.3 is 9.47 Å². The molecule has 0 aliphatic carbocycles. The molecule has 0 atom stereocenters. The van der Waals surface area contributed by atoms with Crippen LogP contribution in [-0.4, -0.2) is 37.3 Å². The topological polar surface area (TPSA) is 84.9 Å². The molecule has 196 valence electrons. The van der Waals surface area contributed by atoms with E-state index in [9.17, 15) is 14.4 Å². The van der Waals surface area contributed by atoms with Gasteiger partial charge in [0.25, 0.3) is 11.8 Å². The second-order valence-corrected chi connectivity index (χ2v) is 10.0. The van der Waals surface area contributed by atoms with E-state index < -0.39 is 17.8 Å². The highest BCUT2D eigenvalue weighted by Gasteiger charge is 2.36. The number of nitrogens with zero attached hydrogens (tertiary/aromatic N) is 1. The summed E-state index contributed by atoms with van der Waals surface area (Å²) >= 11 is 1.72. The lowest BCUT2D eigenvalue weighted by Gasteiger charge is -2.26. The normalized spacial score (nSPS) is 14.6. The summed E-state index contributed by atoms with van der Waals surface area (Å²) in [5, 5.41) is 4.65. The van der Waals surface area contributed by atoms with Crippen molar-refractivity contribution in [3.8, 4) is 11.5 Å². The SMILES string of the molecule is COc1cc(/C=C2/C(=O)NC(=O)N(c3ccc(C)cc3)C2=O)ccc1OCCSc1cccc2ccccc12. The highest BCUT2D eigenvalue weighted by molar-refractivity contribution is 7.99. The Hall–Kier alpha value is -4.56. The van der Waals surface area contributed by atoms with Crippen molar-refractivity contribution in [3.05, 3.63) is 102 Å². The number of hydrogen-bond acceptors (Lipinski definition) is 6. The number of amides is 4. The number of aryl methyl sites for hydroxylation is 1. The average Bonchev–Trinajstić information content (AvgIpc) is 2.94. The Morgan fingerprint density at radius 1 is 0.897 bits per heavy atom. The summed E-state index contributed by atoms with van der Waals surface area (Å²) in [5.74, 6) is 0.305. The molecule has 0 bridgehead atoms. The molecule has 8 heteroatoms. The Kier molecular flexibility index (Phi) is 7.65. The van der Waals surface area contributed by atoms with Gasteiger partial charge in [-0.05, 0) is 59.7 Å². The van der Waals surface area contributed by atoms with Crippen LogP contribution in [0.1, 0.15) is 11.1 Å². The molecule has 1 aliphatic rings. The summed E-state index contributed by atoms with van der Waals surface area (Å²) in [7, 11) is 1.53. The van der Waals surface area contributed by atoms with Gasteiger partial charge in [0.15, 0.2) is 11.5 Å². The molecule has 1 saturated heterocycles. The molecule has 1 heterocycles. The standard InChI is InChI=1S/C31H26N2O5S/c1-20-10-13-23(14-11-20)33-30(35)25(29(34)32-31(33)36)18-21-12-15-26(27(19-21)37-2)38-16-17-39-28-9-5-7-22-6-3-4-8-24(22)28/h3-15,18-19H,16-17H2,1-2H3,(H,32,34,36)/b25-18-. The molecular weight excluding hydrogens is 512 g/mol. The van der Waals surface area contributed by atoms with Crippen molar-refractivity contribution in [1.29, 1.82) is 0 Å². The molecule has 1 fully saturated rings. The first kappa shape index (κ1) is 26.1. The van der Waals surface area contributed by atoms with E-state index in [0.717, 1.165) is 16.2 Å². The maximum atomic E-state index is 13.1. The second-order valence-electron chi connectivity index (χ2n) is 8.88. The number of hydrogen-bond donors (Lipinski definition) is 1. The van der Waals surface area contributed by atoms with Gasteiger partial charge >= 0.3 is 6.03 Å². The van der Waals surface area contributed by atoms with Crippen LogP contribution in [-0.2, 0) is 9.59 Å². The van der Waals surface area contributed by atoms with E-state index in [1.807, 2.05) is 19.1 Å². The van der Waals surface area contributed by atoms with E-state index >= 15 is 0 Å². The summed E-state index contributed by atoms with van der Waals surface area (Å²) in [5.41, 5.74) is 1.76. The van der Waals surface area contributed by atoms with Gasteiger partial charge in [-0.25, -0.2) is 9.69 Å². The number of nitrogens with one attached hydrogen (secondary N) is 1. The molecule has 0 saturated carbocycles. The van der Waals surface area contributed by atoms with E-state index in [2.05, 4.69) is 35.6 Å². The molecule has 0 radical (unpaired) electrons. The van der Waals surface area contributed by atoms with E-state index in [1.165, 1.54) is 28.9 Å². The number of ether oxygens (including phenoxy) is 2. The molecule has 4 amide bonds. The van der Waals surface area contributed by atoms with E-state index in [0.29, 0.717) is 29.4 Å². The first-order valence-corrected chi connectivity index (χ1v) is 13.3. The van der Waals surface area contributed by atoms with Crippen LogP contribution < -0.4 is 19.7 Å². The molecule has 7 nitrogen and oxygen atoms in total. The molecule has 0 unspecified atom stereocenters. The monoisotopic (exact) mass is 538 g/mol. The third-order valence-electron chi connectivity index (χ3n) is 6.24. The quantitative estimate of drug-likeness (QED) is 0.128. The molecule has 4 aromatic rings. The summed E-state index contributed by atoms with van der Waals surface area (Å²) in [6.45, 7) is 2.36. The highest BCUT2D eigenvalue weighted by atomic mass is 32.2. The zero-order chi connectivity index (χ0) is 27.4. The predicted molar refractivity (Wildman–Crippen MR) is 153 cm³/mol. The number of methoxy groups -OCH3 is 1. The van der Waals surface area contributed by atoms with Crippen LogP contribution in [0.4, 0.5) is 10.5 Å².